The number of aryl methyl sites for hydroxylation is 1. The van der Waals surface area contributed by atoms with Crippen molar-refractivity contribution < 1.29 is 9.59 Å². The number of nitrogens with zero attached hydrogens (tertiary/aromatic N) is 1. The molecule has 1 aromatic carbocycles. The van der Waals surface area contributed by atoms with Gasteiger partial charge in [-0.3, -0.25) is 9.59 Å². The molecule has 0 saturated carbocycles. The summed E-state index contributed by atoms with van der Waals surface area (Å²) in [6.45, 7) is 8.12. The maximum atomic E-state index is 12.4. The number of amides is 2. The molecule has 1 aliphatic rings. The summed E-state index contributed by atoms with van der Waals surface area (Å²) >= 11 is 0. The van der Waals surface area contributed by atoms with Crippen LogP contribution in [0, 0.1) is 6.92 Å². The van der Waals surface area contributed by atoms with Crippen LogP contribution in [-0.4, -0.2) is 23.4 Å². The molecule has 2 amide bonds. The first kappa shape index (κ1) is 14.7. The van der Waals surface area contributed by atoms with E-state index in [1.807, 2.05) is 45.0 Å². The van der Waals surface area contributed by atoms with E-state index in [2.05, 4.69) is 12.2 Å². The van der Waals surface area contributed by atoms with Gasteiger partial charge in [-0.1, -0.05) is 24.6 Å². The molecule has 4 heteroatoms. The maximum Gasteiger partial charge on any atom is 0.251 e. The number of nitrogens with one attached hydrogen (secondary N) is 1. The molecule has 0 radical (unpaired) electrons. The number of hydrogen-bond acceptors (Lipinski definition) is 3. The van der Waals surface area contributed by atoms with Crippen molar-refractivity contribution in [2.45, 2.75) is 52.1 Å². The van der Waals surface area contributed by atoms with E-state index in [0.717, 1.165) is 12.0 Å². The Bertz CT molecular complexity index is 520. The second-order valence-electron chi connectivity index (χ2n) is 6.04. The Labute approximate surface area is 120 Å². The van der Waals surface area contributed by atoms with E-state index in [0.29, 0.717) is 5.69 Å². The first-order valence-corrected chi connectivity index (χ1v) is 7.05. The number of imide groups is 1. The normalized spacial score (nSPS) is 19.8. The molecular formula is C16H22N2O2. The first-order valence-electron chi connectivity index (χ1n) is 7.05. The fourth-order valence-corrected chi connectivity index (χ4v) is 2.28. The predicted molar refractivity (Wildman–Crippen MR) is 79.6 cm³/mol. The van der Waals surface area contributed by atoms with E-state index in [9.17, 15) is 9.59 Å². The summed E-state index contributed by atoms with van der Waals surface area (Å²) in [5, 5.41) is 3.28. The third-order valence-corrected chi connectivity index (χ3v) is 3.89. The highest BCUT2D eigenvalue weighted by atomic mass is 16.2. The summed E-state index contributed by atoms with van der Waals surface area (Å²) in [4.78, 5) is 25.9. The molecule has 1 heterocycles. The molecule has 0 aliphatic carbocycles. The second kappa shape index (κ2) is 5.37. The molecule has 1 aliphatic heterocycles. The number of rotatable bonds is 4. The summed E-state index contributed by atoms with van der Waals surface area (Å²) in [7, 11) is 0. The highest BCUT2D eigenvalue weighted by molar-refractivity contribution is 6.22. The Hall–Kier alpha value is -1.68. The van der Waals surface area contributed by atoms with Crippen molar-refractivity contribution in [3.05, 3.63) is 29.8 Å². The quantitative estimate of drug-likeness (QED) is 0.858. The molecule has 108 valence electrons. The third kappa shape index (κ3) is 2.90. The van der Waals surface area contributed by atoms with E-state index in [1.54, 1.807) is 0 Å². The van der Waals surface area contributed by atoms with Gasteiger partial charge in [0.05, 0.1) is 18.2 Å². The van der Waals surface area contributed by atoms with Gasteiger partial charge in [0.15, 0.2) is 0 Å². The molecule has 20 heavy (non-hydrogen) atoms. The average Bonchev–Trinajstić information content (AvgIpc) is 2.65. The lowest BCUT2D eigenvalue weighted by Crippen LogP contribution is -2.49. The second-order valence-corrected chi connectivity index (χ2v) is 6.04. The van der Waals surface area contributed by atoms with E-state index in [-0.39, 0.29) is 23.8 Å². The Balaban J connectivity index is 2.19. The fraction of sp³-hybridized carbons (Fsp3) is 0.500. The molecule has 1 fully saturated rings. The van der Waals surface area contributed by atoms with Crippen molar-refractivity contribution >= 4 is 17.5 Å². The average molecular weight is 274 g/mol. The van der Waals surface area contributed by atoms with E-state index < -0.39 is 6.04 Å². The van der Waals surface area contributed by atoms with Crippen molar-refractivity contribution in [2.24, 2.45) is 0 Å². The fourth-order valence-electron chi connectivity index (χ4n) is 2.28. The molecular weight excluding hydrogens is 252 g/mol. The minimum atomic E-state index is -0.418. The van der Waals surface area contributed by atoms with Gasteiger partial charge in [-0.25, -0.2) is 4.90 Å². The number of carbonyl (C=O) groups is 2. The van der Waals surface area contributed by atoms with Gasteiger partial charge in [0.2, 0.25) is 5.91 Å². The van der Waals surface area contributed by atoms with Crippen LogP contribution >= 0.6 is 0 Å². The monoisotopic (exact) mass is 274 g/mol. The van der Waals surface area contributed by atoms with Gasteiger partial charge in [0.25, 0.3) is 5.91 Å². The van der Waals surface area contributed by atoms with Crippen LogP contribution in [0.4, 0.5) is 5.69 Å². The summed E-state index contributed by atoms with van der Waals surface area (Å²) in [6.07, 6.45) is 1.13. The number of benzene rings is 1. The molecule has 0 spiro atoms. The molecule has 0 bridgehead atoms. The van der Waals surface area contributed by atoms with Crippen LogP contribution in [0.15, 0.2) is 24.3 Å². The topological polar surface area (TPSA) is 49.4 Å². The molecule has 1 atom stereocenters. The highest BCUT2D eigenvalue weighted by Gasteiger charge is 2.41. The van der Waals surface area contributed by atoms with Crippen molar-refractivity contribution in [1.29, 1.82) is 0 Å². The summed E-state index contributed by atoms with van der Waals surface area (Å²) in [5.41, 5.74) is 1.61. The Morgan fingerprint density at radius 3 is 2.40 bits per heavy atom. The maximum absolute atomic E-state index is 12.4. The number of hydrogen-bond donors (Lipinski definition) is 1. The minimum Gasteiger partial charge on any atom is -0.300 e. The van der Waals surface area contributed by atoms with Gasteiger partial charge in [0, 0.05) is 5.54 Å². The lowest BCUT2D eigenvalue weighted by atomic mass is 10.00. The lowest BCUT2D eigenvalue weighted by molar-refractivity contribution is -0.121. The van der Waals surface area contributed by atoms with Gasteiger partial charge < -0.3 is 5.32 Å². The van der Waals surface area contributed by atoms with Crippen LogP contribution in [0.1, 0.15) is 39.2 Å². The number of anilines is 1. The standard InChI is InChI=1S/C16H22N2O2/c1-5-16(3,4)17-13-10-14(19)18(15(13)20)12-8-6-11(2)7-9-12/h6-9,13,17H,5,10H2,1-4H3. The molecule has 1 saturated heterocycles. The zero-order valence-corrected chi connectivity index (χ0v) is 12.6. The first-order chi connectivity index (χ1) is 9.34. The SMILES string of the molecule is CCC(C)(C)NC1CC(=O)N(c2ccc(C)cc2)C1=O. The largest absolute Gasteiger partial charge is 0.300 e. The van der Waals surface area contributed by atoms with Crippen LogP contribution in [0.5, 0.6) is 0 Å². The van der Waals surface area contributed by atoms with Crippen LogP contribution in [0.25, 0.3) is 0 Å². The Kier molecular flexibility index (Phi) is 3.95. The molecule has 0 aromatic heterocycles. The van der Waals surface area contributed by atoms with Gasteiger partial charge in [-0.05, 0) is 39.3 Å². The summed E-state index contributed by atoms with van der Waals surface area (Å²) in [5.74, 6) is -0.288. The smallest absolute Gasteiger partial charge is 0.251 e. The van der Waals surface area contributed by atoms with Crippen molar-refractivity contribution in [3.8, 4) is 0 Å². The molecule has 1 aromatic rings. The van der Waals surface area contributed by atoms with Crippen molar-refractivity contribution in [2.75, 3.05) is 4.90 Å². The van der Waals surface area contributed by atoms with Crippen LogP contribution < -0.4 is 10.2 Å². The van der Waals surface area contributed by atoms with Crippen LogP contribution in [-0.2, 0) is 9.59 Å². The van der Waals surface area contributed by atoms with Gasteiger partial charge >= 0.3 is 0 Å². The Morgan fingerprint density at radius 2 is 1.85 bits per heavy atom. The van der Waals surface area contributed by atoms with Crippen LogP contribution in [0.2, 0.25) is 0 Å². The highest BCUT2D eigenvalue weighted by Crippen LogP contribution is 2.24. The van der Waals surface area contributed by atoms with Gasteiger partial charge in [-0.2, -0.15) is 0 Å². The minimum absolute atomic E-state index is 0.136. The van der Waals surface area contributed by atoms with E-state index >= 15 is 0 Å². The zero-order valence-electron chi connectivity index (χ0n) is 12.6. The van der Waals surface area contributed by atoms with Crippen molar-refractivity contribution in [1.82, 2.24) is 5.32 Å². The predicted octanol–water partition coefficient (Wildman–Crippen LogP) is 2.41. The zero-order chi connectivity index (χ0) is 14.9. The third-order valence-electron chi connectivity index (χ3n) is 3.89. The number of carbonyl (C=O) groups excluding carboxylic acids is 2. The van der Waals surface area contributed by atoms with E-state index in [1.165, 1.54) is 4.90 Å². The molecule has 1 N–H and O–H groups in total. The van der Waals surface area contributed by atoms with Gasteiger partial charge in [-0.15, -0.1) is 0 Å². The molecule has 4 nitrogen and oxygen atoms in total. The van der Waals surface area contributed by atoms with Gasteiger partial charge in [0.1, 0.15) is 0 Å². The Morgan fingerprint density at radius 1 is 1.25 bits per heavy atom. The summed E-state index contributed by atoms with van der Waals surface area (Å²) in [6, 6.07) is 7.04. The van der Waals surface area contributed by atoms with E-state index in [4.69, 9.17) is 0 Å². The van der Waals surface area contributed by atoms with Crippen LogP contribution in [0.3, 0.4) is 0 Å². The lowest BCUT2D eigenvalue weighted by Gasteiger charge is -2.27. The summed E-state index contributed by atoms with van der Waals surface area (Å²) < 4.78 is 0. The molecule has 2 rings (SSSR count). The molecule has 1 unspecified atom stereocenters. The van der Waals surface area contributed by atoms with Crippen molar-refractivity contribution in [3.63, 3.8) is 0 Å².